The highest BCUT2D eigenvalue weighted by atomic mass is 19.4. The number of hydrogen-bond donors (Lipinski definition) is 0. The molecule has 0 aromatic heterocycles. The van der Waals surface area contributed by atoms with E-state index in [4.69, 9.17) is 0 Å². The molecule has 1 aromatic rings. The Labute approximate surface area is 133 Å². The third-order valence-electron chi connectivity index (χ3n) is 4.58. The molecule has 1 aromatic carbocycles. The van der Waals surface area contributed by atoms with Crippen LogP contribution in [0.25, 0.3) is 0 Å². The highest BCUT2D eigenvalue weighted by molar-refractivity contribution is 5.27. The lowest BCUT2D eigenvalue weighted by Gasteiger charge is -2.28. The molecule has 0 aliphatic heterocycles. The summed E-state index contributed by atoms with van der Waals surface area (Å²) in [6.07, 6.45) is 1.28. The highest BCUT2D eigenvalue weighted by Crippen LogP contribution is 2.38. The van der Waals surface area contributed by atoms with Crippen LogP contribution < -0.4 is 0 Å². The Hall–Kier alpha value is -1.39. The molecule has 1 aliphatic carbocycles. The molecule has 0 radical (unpaired) electrons. The summed E-state index contributed by atoms with van der Waals surface area (Å²) in [5.74, 6) is 0.841. The van der Waals surface area contributed by atoms with E-state index in [0.29, 0.717) is 18.3 Å². The van der Waals surface area contributed by atoms with Crippen LogP contribution in [0.15, 0.2) is 36.4 Å². The van der Waals surface area contributed by atoms with E-state index in [0.717, 1.165) is 55.9 Å². The Morgan fingerprint density at radius 2 is 1.61 bits per heavy atom. The van der Waals surface area contributed by atoms with Crippen LogP contribution in [0.3, 0.4) is 0 Å². The number of halogens is 5. The second kappa shape index (κ2) is 7.93. The zero-order valence-electron chi connectivity index (χ0n) is 12.8. The van der Waals surface area contributed by atoms with Gasteiger partial charge in [-0.1, -0.05) is 18.2 Å². The van der Waals surface area contributed by atoms with E-state index >= 15 is 0 Å². The summed E-state index contributed by atoms with van der Waals surface area (Å²) in [6.45, 7) is 0. The van der Waals surface area contributed by atoms with Gasteiger partial charge in [-0.15, -0.1) is 0 Å². The highest BCUT2D eigenvalue weighted by Gasteiger charge is 2.30. The summed E-state index contributed by atoms with van der Waals surface area (Å²) in [7, 11) is 0. The molecule has 23 heavy (non-hydrogen) atoms. The molecule has 1 saturated carbocycles. The summed E-state index contributed by atoms with van der Waals surface area (Å²) < 4.78 is 61.6. The zero-order valence-corrected chi connectivity index (χ0v) is 12.8. The molecule has 1 fully saturated rings. The molecule has 128 valence electrons. The average Bonchev–Trinajstić information content (AvgIpc) is 2.51. The number of alkyl halides is 5. The first kappa shape index (κ1) is 18.0. The van der Waals surface area contributed by atoms with Crippen molar-refractivity contribution < 1.29 is 22.0 Å². The summed E-state index contributed by atoms with van der Waals surface area (Å²) in [4.78, 5) is 0. The Bertz CT molecular complexity index is 493. The van der Waals surface area contributed by atoms with Crippen molar-refractivity contribution in [3.8, 4) is 0 Å². The second-order valence-electron chi connectivity index (χ2n) is 6.18. The van der Waals surface area contributed by atoms with Gasteiger partial charge in [0, 0.05) is 0 Å². The molecule has 0 saturated heterocycles. The van der Waals surface area contributed by atoms with Crippen LogP contribution in [0.4, 0.5) is 22.0 Å². The van der Waals surface area contributed by atoms with Gasteiger partial charge in [0.25, 0.3) is 6.43 Å². The molecule has 0 atom stereocenters. The molecule has 5 heteroatoms. The predicted molar refractivity (Wildman–Crippen MR) is 80.5 cm³/mol. The van der Waals surface area contributed by atoms with Crippen LogP contribution in [0.5, 0.6) is 0 Å². The van der Waals surface area contributed by atoms with Gasteiger partial charge < -0.3 is 0 Å². The predicted octanol–water partition coefficient (Wildman–Crippen LogP) is 6.58. The van der Waals surface area contributed by atoms with Crippen molar-refractivity contribution in [2.45, 2.75) is 57.0 Å². The summed E-state index contributed by atoms with van der Waals surface area (Å²) in [5, 5.41) is 0. The van der Waals surface area contributed by atoms with E-state index in [-0.39, 0.29) is 0 Å². The molecule has 2 rings (SSSR count). The van der Waals surface area contributed by atoms with Crippen molar-refractivity contribution in [3.63, 3.8) is 0 Å². The topological polar surface area (TPSA) is 0 Å². The SMILES string of the molecule is FC(F)/C=C/CCC1CCC(c2ccc(C(F)(F)F)cc2)CC1. The lowest BCUT2D eigenvalue weighted by atomic mass is 9.77. The van der Waals surface area contributed by atoms with Gasteiger partial charge in [0.2, 0.25) is 0 Å². The fraction of sp³-hybridized carbons (Fsp3) is 0.556. The van der Waals surface area contributed by atoms with Gasteiger partial charge >= 0.3 is 6.18 Å². The van der Waals surface area contributed by atoms with Crippen LogP contribution in [0, 0.1) is 5.92 Å². The maximum absolute atomic E-state index is 12.6. The molecule has 0 N–H and O–H groups in total. The Morgan fingerprint density at radius 3 is 2.13 bits per heavy atom. The fourth-order valence-electron chi connectivity index (χ4n) is 3.26. The summed E-state index contributed by atoms with van der Waals surface area (Å²) in [6, 6.07) is 5.46. The van der Waals surface area contributed by atoms with Crippen molar-refractivity contribution in [2.24, 2.45) is 5.92 Å². The van der Waals surface area contributed by atoms with Gasteiger partial charge in [-0.25, -0.2) is 8.78 Å². The quantitative estimate of drug-likeness (QED) is 0.422. The third kappa shape index (κ3) is 5.63. The molecule has 0 amide bonds. The van der Waals surface area contributed by atoms with Gasteiger partial charge in [0.1, 0.15) is 0 Å². The zero-order chi connectivity index (χ0) is 16.9. The fourth-order valence-corrected chi connectivity index (χ4v) is 3.26. The molecule has 0 spiro atoms. The first-order valence-electron chi connectivity index (χ1n) is 7.98. The van der Waals surface area contributed by atoms with Crippen LogP contribution in [-0.4, -0.2) is 6.43 Å². The minimum absolute atomic E-state index is 0.310. The number of rotatable bonds is 5. The van der Waals surface area contributed by atoms with E-state index in [2.05, 4.69) is 0 Å². The Morgan fingerprint density at radius 1 is 1.00 bits per heavy atom. The molecule has 0 bridgehead atoms. The average molecular weight is 332 g/mol. The van der Waals surface area contributed by atoms with E-state index in [1.807, 2.05) is 0 Å². The normalized spacial score (nSPS) is 22.9. The van der Waals surface area contributed by atoms with Gasteiger partial charge in [-0.2, -0.15) is 13.2 Å². The molecule has 0 heterocycles. The minimum Gasteiger partial charge on any atom is -0.206 e. The van der Waals surface area contributed by atoms with Crippen molar-refractivity contribution in [2.75, 3.05) is 0 Å². The molecule has 0 unspecified atom stereocenters. The van der Waals surface area contributed by atoms with E-state index in [1.165, 1.54) is 6.08 Å². The maximum Gasteiger partial charge on any atom is 0.416 e. The van der Waals surface area contributed by atoms with E-state index in [1.54, 1.807) is 12.1 Å². The van der Waals surface area contributed by atoms with Gasteiger partial charge in [0.15, 0.2) is 0 Å². The number of allylic oxidation sites excluding steroid dienone is 2. The Kier molecular flexibility index (Phi) is 6.19. The standard InChI is InChI=1S/C18H21F5/c19-17(20)4-2-1-3-13-5-7-14(8-6-13)15-9-11-16(12-10-15)18(21,22)23/h2,4,9-14,17H,1,3,5-8H2/b4-2+. The van der Waals surface area contributed by atoms with Crippen molar-refractivity contribution in [3.05, 3.63) is 47.5 Å². The minimum atomic E-state index is -4.29. The van der Waals surface area contributed by atoms with Crippen molar-refractivity contribution in [1.82, 2.24) is 0 Å². The van der Waals surface area contributed by atoms with Gasteiger partial charge in [0.05, 0.1) is 5.56 Å². The van der Waals surface area contributed by atoms with Crippen LogP contribution in [0.2, 0.25) is 0 Å². The monoisotopic (exact) mass is 332 g/mol. The lowest BCUT2D eigenvalue weighted by Crippen LogP contribution is -2.13. The first-order valence-corrected chi connectivity index (χ1v) is 7.98. The Balaban J connectivity index is 1.80. The van der Waals surface area contributed by atoms with Gasteiger partial charge in [-0.05, 0) is 74.1 Å². The van der Waals surface area contributed by atoms with E-state index < -0.39 is 18.2 Å². The lowest BCUT2D eigenvalue weighted by molar-refractivity contribution is -0.137. The largest absolute Gasteiger partial charge is 0.416 e. The smallest absolute Gasteiger partial charge is 0.206 e. The van der Waals surface area contributed by atoms with Crippen molar-refractivity contribution in [1.29, 1.82) is 0 Å². The number of benzene rings is 1. The first-order chi connectivity index (χ1) is 10.9. The van der Waals surface area contributed by atoms with E-state index in [9.17, 15) is 22.0 Å². The molecular weight excluding hydrogens is 311 g/mol. The van der Waals surface area contributed by atoms with Crippen LogP contribution in [-0.2, 0) is 6.18 Å². The maximum atomic E-state index is 12.6. The number of hydrogen-bond acceptors (Lipinski definition) is 0. The summed E-state index contributed by atoms with van der Waals surface area (Å²) in [5.41, 5.74) is 0.356. The van der Waals surface area contributed by atoms with Crippen LogP contribution >= 0.6 is 0 Å². The summed E-state index contributed by atoms with van der Waals surface area (Å²) >= 11 is 0. The molecule has 0 nitrogen and oxygen atoms in total. The van der Waals surface area contributed by atoms with Gasteiger partial charge in [-0.3, -0.25) is 0 Å². The van der Waals surface area contributed by atoms with Crippen LogP contribution in [0.1, 0.15) is 55.6 Å². The van der Waals surface area contributed by atoms with Crippen molar-refractivity contribution >= 4 is 0 Å². The molecular formula is C18H21F5. The third-order valence-corrected chi connectivity index (χ3v) is 4.58. The second-order valence-corrected chi connectivity index (χ2v) is 6.18. The molecule has 1 aliphatic rings.